The van der Waals surface area contributed by atoms with E-state index in [0.717, 1.165) is 0 Å². The van der Waals surface area contributed by atoms with Gasteiger partial charge in [-0.25, -0.2) is 4.79 Å². The first-order chi connectivity index (χ1) is 12.0. The average Bonchev–Trinajstić information content (AvgIpc) is 2.60. The second-order valence-corrected chi connectivity index (χ2v) is 5.43. The zero-order chi connectivity index (χ0) is 18.0. The number of carbonyl (C=O) groups excluding carboxylic acids is 1. The van der Waals surface area contributed by atoms with Gasteiger partial charge in [0.2, 0.25) is 0 Å². The molecule has 0 spiro atoms. The van der Waals surface area contributed by atoms with Gasteiger partial charge in [0.25, 0.3) is 0 Å². The summed E-state index contributed by atoms with van der Waals surface area (Å²) >= 11 is 0. The fourth-order valence-electron chi connectivity index (χ4n) is 2.39. The number of hydrogen-bond donors (Lipinski definition) is 4. The van der Waals surface area contributed by atoms with E-state index < -0.39 is 5.97 Å². The lowest BCUT2D eigenvalue weighted by molar-refractivity contribution is 0.0735. The number of ether oxygens (including phenoxy) is 1. The second kappa shape index (κ2) is 6.45. The first-order valence-electron chi connectivity index (χ1n) is 7.44. The molecule has 0 atom stereocenters. The topological polar surface area (TPSA) is 119 Å². The Balaban J connectivity index is 1.95. The Bertz CT molecular complexity index is 954. The van der Waals surface area contributed by atoms with Gasteiger partial charge in [-0.1, -0.05) is 24.3 Å². The highest BCUT2D eigenvalue weighted by molar-refractivity contribution is 5.98. The molecule has 0 aliphatic rings. The van der Waals surface area contributed by atoms with Crippen LogP contribution in [0.15, 0.2) is 60.7 Å². The maximum absolute atomic E-state index is 12.6. The Kier molecular flexibility index (Phi) is 4.18. The molecule has 0 amide bonds. The fourth-order valence-corrected chi connectivity index (χ4v) is 2.39. The zero-order valence-electron chi connectivity index (χ0n) is 13.1. The Hall–Kier alpha value is -3.67. The third kappa shape index (κ3) is 3.32. The standard InChI is InChI=1S/C19H16N2O4/c20-15-9-11(5-7-17(15)22)13-3-1-2-4-14(13)19(24)25-12-6-8-18(23)16(21)10-12/h1-10,22-23H,20-21H2. The Morgan fingerprint density at radius 2 is 1.48 bits per heavy atom. The Labute approximate surface area is 143 Å². The van der Waals surface area contributed by atoms with Gasteiger partial charge in [0.15, 0.2) is 0 Å². The van der Waals surface area contributed by atoms with Crippen LogP contribution in [-0.2, 0) is 0 Å². The Morgan fingerprint density at radius 1 is 0.840 bits per heavy atom. The molecule has 0 radical (unpaired) electrons. The van der Waals surface area contributed by atoms with E-state index in [9.17, 15) is 15.0 Å². The van der Waals surface area contributed by atoms with Crippen molar-refractivity contribution in [2.24, 2.45) is 0 Å². The van der Waals surface area contributed by atoms with Crippen molar-refractivity contribution in [3.63, 3.8) is 0 Å². The van der Waals surface area contributed by atoms with Crippen LogP contribution in [0.2, 0.25) is 0 Å². The van der Waals surface area contributed by atoms with Gasteiger partial charge in [-0.05, 0) is 41.5 Å². The maximum Gasteiger partial charge on any atom is 0.344 e. The van der Waals surface area contributed by atoms with Crippen molar-refractivity contribution in [2.75, 3.05) is 11.5 Å². The quantitative estimate of drug-likeness (QED) is 0.252. The molecule has 0 bridgehead atoms. The van der Waals surface area contributed by atoms with E-state index in [1.165, 1.54) is 24.3 Å². The molecule has 0 aliphatic carbocycles. The van der Waals surface area contributed by atoms with Gasteiger partial charge in [0, 0.05) is 6.07 Å². The van der Waals surface area contributed by atoms with Gasteiger partial charge in [0.05, 0.1) is 16.9 Å². The van der Waals surface area contributed by atoms with Gasteiger partial charge in [-0.2, -0.15) is 0 Å². The molecule has 3 rings (SSSR count). The number of nitrogen functional groups attached to an aromatic ring is 2. The van der Waals surface area contributed by atoms with Crippen LogP contribution >= 0.6 is 0 Å². The SMILES string of the molecule is Nc1cc(OC(=O)c2ccccc2-c2ccc(O)c(N)c2)ccc1O. The average molecular weight is 336 g/mol. The van der Waals surface area contributed by atoms with Crippen molar-refractivity contribution in [2.45, 2.75) is 0 Å². The molecule has 126 valence electrons. The molecule has 0 aromatic heterocycles. The lowest BCUT2D eigenvalue weighted by Gasteiger charge is -2.11. The molecular formula is C19H16N2O4. The Morgan fingerprint density at radius 3 is 2.16 bits per heavy atom. The van der Waals surface area contributed by atoms with Crippen LogP contribution in [-0.4, -0.2) is 16.2 Å². The zero-order valence-corrected chi connectivity index (χ0v) is 13.1. The van der Waals surface area contributed by atoms with Gasteiger partial charge in [-0.15, -0.1) is 0 Å². The minimum atomic E-state index is -0.577. The summed E-state index contributed by atoms with van der Waals surface area (Å²) in [5, 5.41) is 19.0. The largest absolute Gasteiger partial charge is 0.506 e. The maximum atomic E-state index is 12.6. The summed E-state index contributed by atoms with van der Waals surface area (Å²) in [6, 6.07) is 15.8. The van der Waals surface area contributed by atoms with E-state index in [-0.39, 0.29) is 28.6 Å². The highest BCUT2D eigenvalue weighted by atomic mass is 16.5. The summed E-state index contributed by atoms with van der Waals surface area (Å²) in [5.74, 6) is -0.462. The monoisotopic (exact) mass is 336 g/mol. The van der Waals surface area contributed by atoms with Crippen LogP contribution in [0.25, 0.3) is 11.1 Å². The normalized spacial score (nSPS) is 10.4. The van der Waals surface area contributed by atoms with Gasteiger partial charge < -0.3 is 26.4 Å². The number of hydrogen-bond acceptors (Lipinski definition) is 6. The number of aromatic hydroxyl groups is 2. The third-order valence-electron chi connectivity index (χ3n) is 3.70. The number of benzene rings is 3. The minimum Gasteiger partial charge on any atom is -0.506 e. The fraction of sp³-hybridized carbons (Fsp3) is 0. The van der Waals surface area contributed by atoms with Crippen molar-refractivity contribution in [1.82, 2.24) is 0 Å². The third-order valence-corrected chi connectivity index (χ3v) is 3.70. The highest BCUT2D eigenvalue weighted by Gasteiger charge is 2.16. The van der Waals surface area contributed by atoms with Crippen LogP contribution in [0.4, 0.5) is 11.4 Å². The van der Waals surface area contributed by atoms with Gasteiger partial charge >= 0.3 is 5.97 Å². The second-order valence-electron chi connectivity index (χ2n) is 5.43. The molecule has 0 aliphatic heterocycles. The molecule has 0 unspecified atom stereocenters. The molecule has 3 aromatic carbocycles. The number of nitrogens with two attached hydrogens (primary N) is 2. The van der Waals surface area contributed by atoms with Crippen molar-refractivity contribution >= 4 is 17.3 Å². The van der Waals surface area contributed by atoms with Crippen LogP contribution in [0.1, 0.15) is 10.4 Å². The van der Waals surface area contributed by atoms with Gasteiger partial charge in [0.1, 0.15) is 17.2 Å². The van der Waals surface area contributed by atoms with Crippen molar-refractivity contribution < 1.29 is 19.7 Å². The smallest absolute Gasteiger partial charge is 0.344 e. The lowest BCUT2D eigenvalue weighted by Crippen LogP contribution is -2.10. The molecule has 6 nitrogen and oxygen atoms in total. The molecule has 6 heteroatoms. The summed E-state index contributed by atoms with van der Waals surface area (Å²) in [5.41, 5.74) is 13.3. The van der Waals surface area contributed by atoms with E-state index in [0.29, 0.717) is 16.7 Å². The molecule has 0 saturated heterocycles. The summed E-state index contributed by atoms with van der Waals surface area (Å²) in [7, 11) is 0. The van der Waals surface area contributed by atoms with E-state index >= 15 is 0 Å². The van der Waals surface area contributed by atoms with E-state index in [4.69, 9.17) is 16.2 Å². The molecule has 0 fully saturated rings. The molecule has 0 heterocycles. The van der Waals surface area contributed by atoms with Crippen molar-refractivity contribution in [1.29, 1.82) is 0 Å². The molecule has 25 heavy (non-hydrogen) atoms. The summed E-state index contributed by atoms with van der Waals surface area (Å²) in [6.07, 6.45) is 0. The number of anilines is 2. The summed E-state index contributed by atoms with van der Waals surface area (Å²) in [4.78, 5) is 12.6. The minimum absolute atomic E-state index is 0.0247. The molecule has 6 N–H and O–H groups in total. The number of phenolic OH excluding ortho intramolecular Hbond substituents is 2. The van der Waals surface area contributed by atoms with Crippen LogP contribution in [0, 0.1) is 0 Å². The van der Waals surface area contributed by atoms with Crippen LogP contribution < -0.4 is 16.2 Å². The number of carbonyl (C=O) groups is 1. The van der Waals surface area contributed by atoms with E-state index in [1.54, 1.807) is 36.4 Å². The highest BCUT2D eigenvalue weighted by Crippen LogP contribution is 2.31. The number of phenols is 2. The van der Waals surface area contributed by atoms with E-state index in [2.05, 4.69) is 0 Å². The molecule has 0 saturated carbocycles. The van der Waals surface area contributed by atoms with Crippen LogP contribution in [0.3, 0.4) is 0 Å². The first-order valence-corrected chi connectivity index (χ1v) is 7.44. The number of rotatable bonds is 3. The van der Waals surface area contributed by atoms with E-state index in [1.807, 2.05) is 0 Å². The van der Waals surface area contributed by atoms with Gasteiger partial charge in [-0.3, -0.25) is 0 Å². The van der Waals surface area contributed by atoms with Crippen LogP contribution in [0.5, 0.6) is 17.2 Å². The molecular weight excluding hydrogens is 320 g/mol. The van der Waals surface area contributed by atoms with Crippen molar-refractivity contribution in [3.05, 3.63) is 66.2 Å². The predicted octanol–water partition coefficient (Wildman–Crippen LogP) is 3.15. The van der Waals surface area contributed by atoms with Crippen molar-refractivity contribution in [3.8, 4) is 28.4 Å². The summed E-state index contributed by atoms with van der Waals surface area (Å²) < 4.78 is 5.34. The first kappa shape index (κ1) is 16.2. The number of esters is 1. The summed E-state index contributed by atoms with van der Waals surface area (Å²) in [6.45, 7) is 0. The predicted molar refractivity (Wildman–Crippen MR) is 95.4 cm³/mol. The molecule has 3 aromatic rings. The lowest BCUT2D eigenvalue weighted by atomic mass is 9.99.